The molecule has 4 aliphatic carbocycles. The fourth-order valence-corrected chi connectivity index (χ4v) is 20.9. The molecule has 8 aliphatic rings. The quantitative estimate of drug-likeness (QED) is 0.00936. The molecule has 3 aromatic carbocycles. The monoisotopic (exact) mass is 1890 g/mol. The van der Waals surface area contributed by atoms with Crippen molar-refractivity contribution < 1.29 is 99.5 Å². The summed E-state index contributed by atoms with van der Waals surface area (Å²) < 4.78 is 87.8. The molecule has 14 rings (SSSR count). The number of aryl methyl sites for hydroxylation is 2. The first-order valence-electron chi connectivity index (χ1n) is 45.3. The minimum atomic E-state index is -1.74. The number of rotatable bonds is 29. The minimum absolute atomic E-state index is 0. The summed E-state index contributed by atoms with van der Waals surface area (Å²) in [6, 6.07) is 29.2. The van der Waals surface area contributed by atoms with Gasteiger partial charge in [-0.3, -0.25) is 42.8 Å². The van der Waals surface area contributed by atoms with E-state index in [0.717, 1.165) is 118 Å². The number of alkyl halides is 1. The van der Waals surface area contributed by atoms with Crippen LogP contribution in [0.25, 0.3) is 0 Å². The van der Waals surface area contributed by atoms with Gasteiger partial charge in [-0.15, -0.1) is 11.6 Å². The number of nitrogens with zero attached hydrogens (tertiary/aromatic N) is 6. The van der Waals surface area contributed by atoms with Crippen LogP contribution in [0.4, 0.5) is 5.82 Å². The van der Waals surface area contributed by atoms with Crippen molar-refractivity contribution >= 4 is 48.8 Å². The lowest BCUT2D eigenvalue weighted by Crippen LogP contribution is -2.43. The number of aromatic nitrogens is 6. The van der Waals surface area contributed by atoms with E-state index in [2.05, 4.69) is 44.9 Å². The zero-order valence-corrected chi connectivity index (χ0v) is 80.3. The number of methoxy groups -OCH3 is 6. The van der Waals surface area contributed by atoms with Crippen LogP contribution in [0.5, 0.6) is 11.5 Å². The summed E-state index contributed by atoms with van der Waals surface area (Å²) >= 11 is 13.7. The van der Waals surface area contributed by atoms with Gasteiger partial charge in [-0.25, -0.2) is 14.4 Å². The van der Waals surface area contributed by atoms with Crippen LogP contribution < -0.4 is 43.0 Å². The van der Waals surface area contributed by atoms with E-state index < -0.39 is 138 Å². The van der Waals surface area contributed by atoms with Gasteiger partial charge in [-0.1, -0.05) is 100 Å². The zero-order chi connectivity index (χ0) is 95.7. The molecule has 2 radical (unpaired) electrons. The van der Waals surface area contributed by atoms with Crippen molar-refractivity contribution in [1.82, 2.24) is 28.7 Å². The summed E-state index contributed by atoms with van der Waals surface area (Å²) in [7, 11) is 15.8. The molecule has 4 aliphatic heterocycles. The lowest BCUT2D eigenvalue weighted by molar-refractivity contribution is -0.130. The van der Waals surface area contributed by atoms with Crippen molar-refractivity contribution in [2.45, 2.75) is 335 Å². The number of benzene rings is 3. The maximum Gasteiger partial charge on any atom is 0.351 e. The van der Waals surface area contributed by atoms with Crippen LogP contribution in [0.2, 0.25) is 0 Å². The molecular formula is C93H139BCl2N9O25P. The van der Waals surface area contributed by atoms with Crippen molar-refractivity contribution in [3.8, 4) is 17.6 Å². The number of carbonyl (C=O) groups excluding carboxylic acids is 1. The Morgan fingerprint density at radius 1 is 0.573 bits per heavy atom. The van der Waals surface area contributed by atoms with E-state index in [-0.39, 0.29) is 75.6 Å². The van der Waals surface area contributed by atoms with Gasteiger partial charge in [-0.2, -0.15) is 10.2 Å². The second-order valence-corrected chi connectivity index (χ2v) is 39.9. The molecule has 1 amide bonds. The number of H-pyrrole nitrogens is 2. The molecule has 7 heterocycles. The zero-order valence-electron chi connectivity index (χ0n) is 77.9. The Balaban J connectivity index is 0.000000220. The Bertz CT molecular complexity index is 4800. The number of aliphatic hydroxyl groups is 5. The van der Waals surface area contributed by atoms with Crippen molar-refractivity contribution in [2.75, 3.05) is 60.7 Å². The smallest absolute Gasteiger partial charge is 0.351 e. The highest BCUT2D eigenvalue weighted by atomic mass is 35.7. The van der Waals surface area contributed by atoms with Crippen LogP contribution in [0.1, 0.15) is 207 Å². The first-order valence-corrected chi connectivity index (χ1v) is 48.6. The van der Waals surface area contributed by atoms with Crippen LogP contribution >= 0.6 is 29.2 Å². The molecular weight excluding hydrogens is 1760 g/mol. The summed E-state index contributed by atoms with van der Waals surface area (Å²) in [4.78, 5) is 78.8. The van der Waals surface area contributed by atoms with Crippen LogP contribution in [0.3, 0.4) is 0 Å². The van der Waals surface area contributed by atoms with Gasteiger partial charge >= 0.3 is 17.1 Å². The lowest BCUT2D eigenvalue weighted by atomic mass is 9.84. The number of ether oxygens (including phenoxy) is 14. The molecule has 8 fully saturated rings. The molecule has 4 saturated carbocycles. The summed E-state index contributed by atoms with van der Waals surface area (Å²) in [5.41, 5.74) is 1.37. The van der Waals surface area contributed by atoms with Gasteiger partial charge in [0.15, 0.2) is 18.7 Å². The summed E-state index contributed by atoms with van der Waals surface area (Å²) in [6.07, 6.45) is 5.71. The lowest BCUT2D eigenvalue weighted by Gasteiger charge is -2.29. The standard InChI is InChI=1S/C21H19ClO2.C18H27N3O6.C17H26N2O6.C16H24N2O7.C12H21BO4.C9H18ClN2P.2H2/c1-23-19-12-8-17(9-13-19)21(22,16-6-4-3-5-7-16)18-10-14-20(24-2)15-11-18;1-4-11-15(23)16(26-13-7-5-6-12(13)25-3)17(27-11)21-9-8-14(19-10(2)22)20-18(21)24;1-4-10-13(20)14(24-12-7-5-6-11(12)23-3)16(25-10)19-8-9(2)15(21)18-17(19)22;1-8-6-18(16(22)17-14(8)21)15-13(12(20)11(7-19)25-15)24-10-5-3-4-9(10)23-2;1-3-7-10(14)11(12(13)17-7)16-9-6-4-5-8(9)15-2;1-8(2)12-13(10,9(3)4)7-5-6-11;;/h3-15H,1-2H3;8-9,11-13,15-17,23H,4-7H2,1-3H3,(H,19,20,22,24);8,10-14,16,20H,4-7H2,1-3H3,(H,18,21,22);6,9-13,15,19-20H,3-5,7H2,1-2H3,(H,17,21,22);7-12,14H,3-6H2,1-2H3;8-9H,5,7H2,1-4H3;2*1H/t;11-,12-,13-,15+,16?,17-;10-,11-,12-,13+,14?,16-;9-,10-,11-,12+,13?,15-;7-,8-,9-,10+,11?,12-;;;/m.1111.../s1. The van der Waals surface area contributed by atoms with Crippen LogP contribution in [-0.2, 0) is 66.5 Å². The number of aromatic amines is 2. The molecule has 6 aromatic rings. The topological polar surface area (TPSA) is 440 Å². The number of amides is 1. The number of aliphatic hydroxyl groups excluding tert-OH is 5. The fourth-order valence-electron chi connectivity index (χ4n) is 17.7. The van der Waals surface area contributed by atoms with Gasteiger partial charge < -0.3 is 97.2 Å². The van der Waals surface area contributed by atoms with Crippen LogP contribution in [0, 0.1) is 25.2 Å². The van der Waals surface area contributed by atoms with Crippen molar-refractivity contribution in [1.29, 1.82) is 5.26 Å². The second-order valence-electron chi connectivity index (χ2n) is 34.4. The molecule has 8 N–H and O–H groups in total. The first kappa shape index (κ1) is 107. The van der Waals surface area contributed by atoms with Gasteiger partial charge in [0.2, 0.25) is 5.91 Å². The van der Waals surface area contributed by atoms with Gasteiger partial charge in [-0.05, 0) is 171 Å². The SMILES string of the molecule is CC(C)N=P(Cl)(CCC#N)C(C)C.CC[C@H]1O[C@@H](n2cc(C)c(=O)[nH]c2=O)C(O[C@@H]2CCC[C@H]2OC)[C@H]1O.CC[C@H]1O[C@@H](n2ccc(NC(C)=O)nc2=O)C(O[C@@H]2CCC[C@H]2OC)[C@H]1O.CO[C@@H]1CCC[C@H]1OC1[C@@H](O)[C@@H](CO)O[C@H]1n1cc(C)c(=O)[nH]c1=O.COc1ccc(C(Cl)(c2ccccc2)c2ccc(OC)cc2)cc1.[B][C@@H]1O[C@H](CC)[C@H](O)C1O[C@@H]1CCC[C@H]1OC.[HH].[HH]. The number of nitriles is 1. The van der Waals surface area contributed by atoms with E-state index in [1.165, 1.54) is 45.3 Å². The third kappa shape index (κ3) is 27.3. The Labute approximate surface area is 780 Å². The number of hydrogen-bond donors (Lipinski definition) is 8. The Morgan fingerprint density at radius 2 is 0.931 bits per heavy atom. The summed E-state index contributed by atoms with van der Waals surface area (Å²) in [6.45, 7) is 18.1. The van der Waals surface area contributed by atoms with E-state index >= 15 is 0 Å². The van der Waals surface area contributed by atoms with E-state index in [9.17, 15) is 54.3 Å². The Kier molecular flexibility index (Phi) is 41.8. The van der Waals surface area contributed by atoms with E-state index in [0.29, 0.717) is 36.0 Å². The van der Waals surface area contributed by atoms with E-state index in [1.807, 2.05) is 113 Å². The van der Waals surface area contributed by atoms with Crippen molar-refractivity contribution in [3.63, 3.8) is 0 Å². The largest absolute Gasteiger partial charge is 0.497 e. The molecule has 38 heteroatoms. The second kappa shape index (κ2) is 51.0. The predicted octanol–water partition coefficient (Wildman–Crippen LogP) is 10.7. The third-order valence-corrected chi connectivity index (χ3v) is 30.8. The average Bonchev–Trinajstić information content (AvgIpc) is 1.74. The first-order chi connectivity index (χ1) is 62.6. The molecule has 5 unspecified atom stereocenters. The number of hydrogen-bond acceptors (Lipinski definition) is 28. The summed E-state index contributed by atoms with van der Waals surface area (Å²) in [5.74, 6) is 1.47. The van der Waals surface area contributed by atoms with Crippen molar-refractivity contribution in [3.05, 3.63) is 183 Å². The Hall–Kier alpha value is -7.35. The van der Waals surface area contributed by atoms with Gasteiger partial charge in [0.05, 0.1) is 100 Å². The van der Waals surface area contributed by atoms with E-state index in [1.54, 1.807) is 56.5 Å². The molecule has 728 valence electrons. The van der Waals surface area contributed by atoms with E-state index in [4.69, 9.17) is 102 Å². The molecule has 0 bridgehead atoms. The highest BCUT2D eigenvalue weighted by molar-refractivity contribution is 7.91. The number of nitrogens with one attached hydrogen (secondary N) is 3. The number of carbonyl (C=O) groups is 1. The van der Waals surface area contributed by atoms with Gasteiger partial charge in [0.25, 0.3) is 11.1 Å². The van der Waals surface area contributed by atoms with Crippen LogP contribution in [0.15, 0.2) is 132 Å². The average molecular weight is 1900 g/mol. The number of halogens is 2. The summed E-state index contributed by atoms with van der Waals surface area (Å²) in [5, 5.41) is 62.3. The predicted molar refractivity (Wildman–Crippen MR) is 499 cm³/mol. The maximum absolute atomic E-state index is 12.5. The van der Waals surface area contributed by atoms with Crippen molar-refractivity contribution in [2.24, 2.45) is 4.74 Å². The van der Waals surface area contributed by atoms with Crippen LogP contribution in [-0.4, -0.2) is 263 Å². The highest BCUT2D eigenvalue weighted by Crippen LogP contribution is 2.60. The molecule has 4 saturated heterocycles. The Morgan fingerprint density at radius 3 is 1.27 bits per heavy atom. The molecule has 131 heavy (non-hydrogen) atoms. The van der Waals surface area contributed by atoms with Gasteiger partial charge in [0.1, 0.15) is 85.0 Å². The maximum atomic E-state index is 12.5. The number of anilines is 1. The molecule has 25 atom stereocenters. The minimum Gasteiger partial charge on any atom is -0.497 e. The normalized spacial score (nSPS) is 30.0. The molecule has 3 aromatic heterocycles. The fraction of sp³-hybridized carbons (Fsp3) is 0.656. The third-order valence-electron chi connectivity index (χ3n) is 25.0. The highest BCUT2D eigenvalue weighted by Gasteiger charge is 2.52. The molecule has 0 spiro atoms. The van der Waals surface area contributed by atoms with Gasteiger partial charge in [0, 0.05) is 98.2 Å². The molecule has 34 nitrogen and oxygen atoms in total.